The van der Waals surface area contributed by atoms with Crippen LogP contribution in [0.25, 0.3) is 4.85 Å². The number of rotatable bonds is 8. The summed E-state index contributed by atoms with van der Waals surface area (Å²) in [7, 11) is -3.57. The van der Waals surface area contributed by atoms with E-state index < -0.39 is 37.5 Å². The molecule has 2 fully saturated rings. The third kappa shape index (κ3) is 4.55. The number of aromatic nitrogens is 1. The smallest absolute Gasteiger partial charge is 0.270 e. The molecular formula is C26H27FN4O5S. The molecule has 37 heavy (non-hydrogen) atoms. The normalized spacial score (nSPS) is 19.1. The Morgan fingerprint density at radius 3 is 2.49 bits per heavy atom. The predicted octanol–water partition coefficient (Wildman–Crippen LogP) is 2.08. The van der Waals surface area contributed by atoms with Gasteiger partial charge >= 0.3 is 0 Å². The maximum absolute atomic E-state index is 13.8. The fourth-order valence-corrected chi connectivity index (χ4v) is 7.26. The SMILES string of the molecule is [C-]#[N+]C1(CS(=O)(=O)C2(CN3CCn4c(ccc(C(=O)NCc5ccc(C)c(F)c5)c4=O)C3=O)CC2)CC1. The number of aryl methyl sites for hydroxylation is 1. The zero-order chi connectivity index (χ0) is 26.6. The van der Waals surface area contributed by atoms with Crippen LogP contribution in [-0.4, -0.2) is 58.8 Å². The molecule has 194 valence electrons. The second-order valence-electron chi connectivity index (χ2n) is 10.4. The van der Waals surface area contributed by atoms with Gasteiger partial charge in [0.2, 0.25) is 5.54 Å². The number of sulfone groups is 1. The number of nitrogens with zero attached hydrogens (tertiary/aromatic N) is 3. The van der Waals surface area contributed by atoms with Crippen LogP contribution in [0.1, 0.15) is 57.7 Å². The van der Waals surface area contributed by atoms with Crippen molar-refractivity contribution in [2.45, 2.75) is 56.0 Å². The molecular weight excluding hydrogens is 499 g/mol. The van der Waals surface area contributed by atoms with Gasteiger partial charge in [-0.25, -0.2) is 19.4 Å². The average Bonchev–Trinajstić information content (AvgIpc) is 3.79. The van der Waals surface area contributed by atoms with Crippen molar-refractivity contribution >= 4 is 21.7 Å². The van der Waals surface area contributed by atoms with Crippen molar-refractivity contribution in [2.75, 3.05) is 18.8 Å². The lowest BCUT2D eigenvalue weighted by molar-refractivity contribution is 0.0695. The Bertz CT molecular complexity index is 1520. The van der Waals surface area contributed by atoms with E-state index in [1.165, 1.54) is 27.7 Å². The highest BCUT2D eigenvalue weighted by Gasteiger charge is 2.63. The molecule has 0 unspecified atom stereocenters. The van der Waals surface area contributed by atoms with Gasteiger partial charge in [-0.3, -0.25) is 14.4 Å². The highest BCUT2D eigenvalue weighted by atomic mass is 32.2. The second kappa shape index (κ2) is 8.80. The molecule has 0 radical (unpaired) electrons. The number of hydrogen-bond acceptors (Lipinski definition) is 5. The number of nitrogens with one attached hydrogen (secondary N) is 1. The van der Waals surface area contributed by atoms with Crippen molar-refractivity contribution in [1.29, 1.82) is 0 Å². The van der Waals surface area contributed by atoms with Crippen LogP contribution >= 0.6 is 0 Å². The minimum absolute atomic E-state index is 0.0335. The summed E-state index contributed by atoms with van der Waals surface area (Å²) >= 11 is 0. The van der Waals surface area contributed by atoms with Crippen LogP contribution in [0.3, 0.4) is 0 Å². The lowest BCUT2D eigenvalue weighted by Gasteiger charge is -2.32. The van der Waals surface area contributed by atoms with E-state index in [1.54, 1.807) is 19.1 Å². The summed E-state index contributed by atoms with van der Waals surface area (Å²) in [6, 6.07) is 7.30. The quantitative estimate of drug-likeness (QED) is 0.530. The van der Waals surface area contributed by atoms with E-state index in [-0.39, 0.29) is 49.0 Å². The first kappa shape index (κ1) is 25.1. The Kier molecular flexibility index (Phi) is 5.98. The first-order valence-electron chi connectivity index (χ1n) is 12.2. The maximum Gasteiger partial charge on any atom is 0.270 e. The largest absolute Gasteiger partial charge is 0.348 e. The van der Waals surface area contributed by atoms with Crippen LogP contribution in [-0.2, 0) is 22.9 Å². The van der Waals surface area contributed by atoms with Crippen molar-refractivity contribution in [2.24, 2.45) is 0 Å². The molecule has 9 nitrogen and oxygen atoms in total. The van der Waals surface area contributed by atoms with E-state index in [9.17, 15) is 27.2 Å². The molecule has 1 aromatic carbocycles. The molecule has 0 atom stereocenters. The van der Waals surface area contributed by atoms with Crippen molar-refractivity contribution in [3.05, 3.63) is 80.3 Å². The Hall–Kier alpha value is -3.52. The molecule has 1 aliphatic heterocycles. The van der Waals surface area contributed by atoms with Gasteiger partial charge in [-0.1, -0.05) is 12.1 Å². The Morgan fingerprint density at radius 1 is 1.14 bits per heavy atom. The van der Waals surface area contributed by atoms with Crippen LogP contribution in [0, 0.1) is 19.3 Å². The number of pyridine rings is 1. The van der Waals surface area contributed by atoms with E-state index in [1.807, 2.05) is 0 Å². The monoisotopic (exact) mass is 526 g/mol. The summed E-state index contributed by atoms with van der Waals surface area (Å²) in [5.74, 6) is -1.65. The topological polar surface area (TPSA) is 110 Å². The lowest BCUT2D eigenvalue weighted by Crippen LogP contribution is -2.50. The molecule has 0 spiro atoms. The minimum Gasteiger partial charge on any atom is -0.348 e. The van der Waals surface area contributed by atoms with Crippen LogP contribution < -0.4 is 10.9 Å². The Balaban J connectivity index is 1.29. The first-order valence-corrected chi connectivity index (χ1v) is 13.8. The van der Waals surface area contributed by atoms with Crippen molar-refractivity contribution < 1.29 is 22.4 Å². The zero-order valence-electron chi connectivity index (χ0n) is 20.4. The molecule has 0 bridgehead atoms. The first-order chi connectivity index (χ1) is 17.5. The van der Waals surface area contributed by atoms with Crippen molar-refractivity contribution in [3.8, 4) is 0 Å². The summed E-state index contributed by atoms with van der Waals surface area (Å²) in [6.45, 7) is 9.29. The van der Waals surface area contributed by atoms with Gasteiger partial charge in [0.1, 0.15) is 22.8 Å². The molecule has 5 rings (SSSR count). The molecule has 3 aliphatic rings. The highest BCUT2D eigenvalue weighted by molar-refractivity contribution is 7.93. The van der Waals surface area contributed by atoms with E-state index in [0.29, 0.717) is 36.8 Å². The van der Waals surface area contributed by atoms with Gasteiger partial charge in [-0.2, -0.15) is 0 Å². The molecule has 1 aromatic heterocycles. The van der Waals surface area contributed by atoms with Gasteiger partial charge in [0.25, 0.3) is 17.4 Å². The standard InChI is InChI=1S/C26H27FN4O5S/c1-17-3-4-18(13-20(17)27)14-29-22(32)19-5-6-21-24(34)30(11-12-31(21)23(19)33)15-26(9-10-26)37(35,36)16-25(28-2)7-8-25/h3-6,13H,7-12,14-16H2,1H3,(H,29,32). The Morgan fingerprint density at radius 2 is 1.86 bits per heavy atom. The molecule has 2 aromatic rings. The molecule has 2 aliphatic carbocycles. The van der Waals surface area contributed by atoms with Crippen LogP contribution in [0.4, 0.5) is 4.39 Å². The molecule has 11 heteroatoms. The fraction of sp³-hybridized carbons (Fsp3) is 0.462. The van der Waals surface area contributed by atoms with Gasteiger partial charge in [0, 0.05) is 39.0 Å². The van der Waals surface area contributed by atoms with E-state index in [4.69, 9.17) is 6.57 Å². The van der Waals surface area contributed by atoms with Gasteiger partial charge in [0.15, 0.2) is 9.84 Å². The maximum atomic E-state index is 13.8. The van der Waals surface area contributed by atoms with Gasteiger partial charge in [0.05, 0.1) is 4.75 Å². The van der Waals surface area contributed by atoms with Crippen LogP contribution in [0.5, 0.6) is 0 Å². The number of amides is 2. The van der Waals surface area contributed by atoms with Crippen molar-refractivity contribution in [1.82, 2.24) is 14.8 Å². The average molecular weight is 527 g/mol. The summed E-state index contributed by atoms with van der Waals surface area (Å²) in [6.07, 6.45) is 2.07. The predicted molar refractivity (Wildman–Crippen MR) is 133 cm³/mol. The third-order valence-electron chi connectivity index (χ3n) is 7.68. The van der Waals surface area contributed by atoms with E-state index >= 15 is 0 Å². The molecule has 1 N–H and O–H groups in total. The van der Waals surface area contributed by atoms with Crippen LogP contribution in [0.15, 0.2) is 35.1 Å². The number of fused-ring (bicyclic) bond motifs is 1. The number of benzene rings is 1. The Labute approximate surface area is 214 Å². The van der Waals surface area contributed by atoms with Crippen molar-refractivity contribution in [3.63, 3.8) is 0 Å². The molecule has 0 saturated heterocycles. The molecule has 2 heterocycles. The summed E-state index contributed by atoms with van der Waals surface area (Å²) in [5, 5.41) is 2.61. The molecule has 2 saturated carbocycles. The summed E-state index contributed by atoms with van der Waals surface area (Å²) in [4.78, 5) is 43.9. The summed E-state index contributed by atoms with van der Waals surface area (Å²) < 4.78 is 40.2. The summed E-state index contributed by atoms with van der Waals surface area (Å²) in [5.41, 5.74) is -0.408. The second-order valence-corrected chi connectivity index (χ2v) is 12.7. The highest BCUT2D eigenvalue weighted by Crippen LogP contribution is 2.50. The van der Waals surface area contributed by atoms with Gasteiger partial charge in [-0.05, 0) is 49.1 Å². The van der Waals surface area contributed by atoms with Crippen LogP contribution in [0.2, 0.25) is 0 Å². The number of carbonyl (C=O) groups is 2. The fourth-order valence-electron chi connectivity index (χ4n) is 4.81. The number of carbonyl (C=O) groups excluding carboxylic acids is 2. The lowest BCUT2D eigenvalue weighted by atomic mass is 10.1. The van der Waals surface area contributed by atoms with Gasteiger partial charge < -0.3 is 19.6 Å². The number of halogens is 1. The van der Waals surface area contributed by atoms with Gasteiger partial charge in [-0.15, -0.1) is 0 Å². The zero-order valence-corrected chi connectivity index (χ0v) is 21.2. The minimum atomic E-state index is -3.57. The number of hydrogen-bond donors (Lipinski definition) is 1. The van der Waals surface area contributed by atoms with E-state index in [2.05, 4.69) is 10.2 Å². The molecule has 2 amide bonds. The third-order valence-corrected chi connectivity index (χ3v) is 10.5. The van der Waals surface area contributed by atoms with E-state index in [0.717, 1.165) is 0 Å².